The molecular weight excluding hydrogens is 958 g/mol. The standard InChI is InChI=1S/C39H42S6.C2H5.3CH3.2Sn/c1-4-6-8-10-12-14-16-26-21-30-32(42-26)23-34(44-30)36-28-18-19-40-38(28)37(29-20-25(3)41-39(29)36)35-24-33-31(45-35)22-27(43-33)17-15-13-11-9-7-5-2;1-2;;;;;/h18,20-24H,3-17H2,1-2H3;1H2,2H3;3*1H3;;. The number of rotatable bonds is 20. The minimum absolute atomic E-state index is 0.355. The molecule has 0 aliphatic heterocycles. The van der Waals surface area contributed by atoms with E-state index < -0.39 is 18.4 Å². The molecule has 0 nitrogen and oxygen atoms in total. The van der Waals surface area contributed by atoms with Crippen LogP contribution < -0.4 is 2.89 Å². The van der Waals surface area contributed by atoms with Gasteiger partial charge in [0.1, 0.15) is 0 Å². The molecule has 7 aromatic rings. The monoisotopic (exact) mass is 1020 g/mol. The topological polar surface area (TPSA) is 0 Å². The molecule has 0 saturated carbocycles. The van der Waals surface area contributed by atoms with Gasteiger partial charge in [0.2, 0.25) is 0 Å². The van der Waals surface area contributed by atoms with Gasteiger partial charge in [-0.15, -0.1) is 0 Å². The predicted molar refractivity (Wildman–Crippen MR) is 252 cm³/mol. The summed E-state index contributed by atoms with van der Waals surface area (Å²) in [5.74, 6) is 0. The van der Waals surface area contributed by atoms with Crippen molar-refractivity contribution in [1.29, 1.82) is 0 Å². The number of fused-ring (bicyclic) bond motifs is 4. The van der Waals surface area contributed by atoms with Crippen molar-refractivity contribution in [3.8, 4) is 20.9 Å². The van der Waals surface area contributed by atoms with Crippen LogP contribution in [-0.2, 0) is 17.3 Å². The summed E-state index contributed by atoms with van der Waals surface area (Å²) in [6.45, 7) is 7.03. The Kier molecular flexibility index (Phi) is 14.4. The quantitative estimate of drug-likeness (QED) is 0.0527. The van der Waals surface area contributed by atoms with Crippen molar-refractivity contribution in [2.45, 2.75) is 134 Å². The molecule has 0 atom stereocenters. The first kappa shape index (κ1) is 40.3. The Morgan fingerprint density at radius 1 is 0.481 bits per heavy atom. The van der Waals surface area contributed by atoms with E-state index in [-0.39, 0.29) is 21.1 Å². The molecule has 0 N–H and O–H groups in total. The Balaban J connectivity index is 1.27. The van der Waals surface area contributed by atoms with Crippen molar-refractivity contribution in [3.63, 3.8) is 0 Å². The van der Waals surface area contributed by atoms with Crippen LogP contribution in [0, 0.1) is 0 Å². The molecule has 6 aromatic heterocycles. The molecular formula is C44H56S6Sn2. The molecule has 2 radical (unpaired) electrons. The van der Waals surface area contributed by atoms with Crippen LogP contribution in [0.5, 0.6) is 0 Å². The average Bonchev–Trinajstić information content (AvgIpc) is 3.95. The number of hydrogen-bond donors (Lipinski definition) is 0. The second-order valence-electron chi connectivity index (χ2n) is 15.7. The van der Waals surface area contributed by atoms with Crippen LogP contribution in [-0.4, -0.2) is 39.5 Å². The molecule has 6 heterocycles. The first-order chi connectivity index (χ1) is 25.3. The van der Waals surface area contributed by atoms with Crippen LogP contribution in [0.3, 0.4) is 0 Å². The molecule has 52 heavy (non-hydrogen) atoms. The van der Waals surface area contributed by atoms with E-state index in [9.17, 15) is 0 Å². The maximum absolute atomic E-state index is 2.68. The van der Waals surface area contributed by atoms with Crippen LogP contribution in [0.4, 0.5) is 0 Å². The van der Waals surface area contributed by atoms with Crippen LogP contribution in [0.1, 0.15) is 112 Å². The van der Waals surface area contributed by atoms with Gasteiger partial charge in [0.15, 0.2) is 0 Å². The van der Waals surface area contributed by atoms with Gasteiger partial charge in [-0.25, -0.2) is 0 Å². The molecule has 0 bridgehead atoms. The fourth-order valence-electron chi connectivity index (χ4n) is 7.44. The summed E-state index contributed by atoms with van der Waals surface area (Å²) in [7, 11) is 0. The SMILES string of the molecule is CCCCCCCCc1cc2sc(-c3c4c[c]([Sn]([CH3])([CH3])[CH3])sc4c(-c4cc5sc(CCCCCCCC)cc5s4)c4cc([CH2][Sn][CH2]C)sc34)cc2s1. The number of hydrogen-bond acceptors (Lipinski definition) is 6. The summed E-state index contributed by atoms with van der Waals surface area (Å²) in [6, 6.07) is 15.6. The summed E-state index contributed by atoms with van der Waals surface area (Å²) < 4.78 is 13.6. The molecule has 8 heteroatoms. The van der Waals surface area contributed by atoms with Gasteiger partial charge in [-0.2, -0.15) is 0 Å². The van der Waals surface area contributed by atoms with Crippen LogP contribution in [0.25, 0.3) is 59.9 Å². The molecule has 0 amide bonds. The number of unbranched alkanes of at least 4 members (excludes halogenated alkanes) is 10. The van der Waals surface area contributed by atoms with Crippen molar-refractivity contribution in [2.75, 3.05) is 0 Å². The zero-order chi connectivity index (χ0) is 36.2. The summed E-state index contributed by atoms with van der Waals surface area (Å²) in [5, 5.41) is 3.08. The van der Waals surface area contributed by atoms with E-state index >= 15 is 0 Å². The van der Waals surface area contributed by atoms with Crippen molar-refractivity contribution in [1.82, 2.24) is 0 Å². The van der Waals surface area contributed by atoms with Gasteiger partial charge in [-0.1, -0.05) is 65.2 Å². The van der Waals surface area contributed by atoms with Crippen LogP contribution in [0.15, 0.2) is 36.4 Å². The van der Waals surface area contributed by atoms with Crippen molar-refractivity contribution in [3.05, 3.63) is 51.0 Å². The van der Waals surface area contributed by atoms with Gasteiger partial charge < -0.3 is 0 Å². The number of benzene rings is 1. The summed E-state index contributed by atoms with van der Waals surface area (Å²) in [4.78, 5) is 15.6. The van der Waals surface area contributed by atoms with Crippen LogP contribution >= 0.6 is 68.0 Å². The van der Waals surface area contributed by atoms with E-state index in [1.54, 1.807) is 43.4 Å². The van der Waals surface area contributed by atoms with Crippen molar-refractivity contribution < 1.29 is 0 Å². The predicted octanol–water partition coefficient (Wildman–Crippen LogP) is 17.0. The normalized spacial score (nSPS) is 12.6. The second kappa shape index (κ2) is 18.5. The summed E-state index contributed by atoms with van der Waals surface area (Å²) in [5.41, 5.74) is 3.10. The van der Waals surface area contributed by atoms with Gasteiger partial charge in [-0.05, 0) is 0 Å². The third-order valence-electron chi connectivity index (χ3n) is 10.4. The van der Waals surface area contributed by atoms with E-state index in [2.05, 4.69) is 140 Å². The number of aryl methyl sites for hydroxylation is 2. The Morgan fingerprint density at radius 2 is 0.962 bits per heavy atom. The molecule has 0 aliphatic carbocycles. The van der Waals surface area contributed by atoms with E-state index in [0.717, 1.165) is 0 Å². The summed E-state index contributed by atoms with van der Waals surface area (Å²) >= 11 is 9.88. The second-order valence-corrected chi connectivity index (χ2v) is 42.3. The molecule has 0 saturated heterocycles. The fraction of sp³-hybridized carbons (Fsp3) is 0.500. The van der Waals surface area contributed by atoms with Gasteiger partial charge in [0, 0.05) is 0 Å². The Hall–Kier alpha value is 0.0574. The Bertz CT molecular complexity index is 2020. The van der Waals surface area contributed by atoms with Gasteiger partial charge in [0.05, 0.1) is 0 Å². The molecule has 0 fully saturated rings. The van der Waals surface area contributed by atoms with Gasteiger partial charge in [-0.3, -0.25) is 0 Å². The van der Waals surface area contributed by atoms with E-state index in [1.165, 1.54) is 133 Å². The molecule has 0 unspecified atom stereocenters. The summed E-state index contributed by atoms with van der Waals surface area (Å²) in [6.07, 6.45) is 19.0. The third kappa shape index (κ3) is 9.26. The van der Waals surface area contributed by atoms with Gasteiger partial charge >= 0.3 is 290 Å². The van der Waals surface area contributed by atoms with Crippen molar-refractivity contribution >= 4 is 149 Å². The fourth-order valence-corrected chi connectivity index (χ4v) is 23.2. The average molecular weight is 1010 g/mol. The molecule has 1 aromatic carbocycles. The Morgan fingerprint density at radius 3 is 1.46 bits per heavy atom. The van der Waals surface area contributed by atoms with Crippen LogP contribution in [0.2, 0.25) is 19.3 Å². The first-order valence-corrected chi connectivity index (χ1v) is 39.0. The third-order valence-corrected chi connectivity index (χ3v) is 30.8. The zero-order valence-electron chi connectivity index (χ0n) is 32.2. The molecule has 0 spiro atoms. The number of thiophene rings is 6. The zero-order valence-corrected chi connectivity index (χ0v) is 42.8. The van der Waals surface area contributed by atoms with E-state index in [4.69, 9.17) is 0 Å². The molecule has 7 rings (SSSR count). The van der Waals surface area contributed by atoms with E-state index in [0.29, 0.717) is 0 Å². The van der Waals surface area contributed by atoms with Gasteiger partial charge in [0.25, 0.3) is 0 Å². The maximum atomic E-state index is 2.68. The van der Waals surface area contributed by atoms with Crippen molar-refractivity contribution in [2.24, 2.45) is 0 Å². The molecule has 0 aliphatic rings. The van der Waals surface area contributed by atoms with E-state index in [1.807, 2.05) is 0 Å². The molecule has 276 valence electrons. The minimum atomic E-state index is -2.34. The first-order valence-electron chi connectivity index (χ1n) is 20.1. The Labute approximate surface area is 351 Å².